The number of anilines is 1. The monoisotopic (exact) mass is 237 g/mol. The average molecular weight is 237 g/mol. The van der Waals surface area contributed by atoms with E-state index in [1.807, 2.05) is 20.8 Å². The Morgan fingerprint density at radius 3 is 2.65 bits per heavy atom. The van der Waals surface area contributed by atoms with E-state index in [0.717, 1.165) is 5.69 Å². The smallest absolute Gasteiger partial charge is 0.329 e. The van der Waals surface area contributed by atoms with Crippen molar-refractivity contribution in [3.63, 3.8) is 0 Å². The number of carbonyl (C=O) groups is 1. The van der Waals surface area contributed by atoms with E-state index in [1.165, 1.54) is 6.33 Å². The van der Waals surface area contributed by atoms with Gasteiger partial charge in [-0.3, -0.25) is 0 Å². The lowest BCUT2D eigenvalue weighted by atomic mass is 9.99. The van der Waals surface area contributed by atoms with Crippen LogP contribution in [0.5, 0.6) is 0 Å². The van der Waals surface area contributed by atoms with E-state index < -0.39 is 11.5 Å². The zero-order chi connectivity index (χ0) is 13.1. The summed E-state index contributed by atoms with van der Waals surface area (Å²) in [6.45, 7) is 7.53. The van der Waals surface area contributed by atoms with Crippen molar-refractivity contribution in [1.29, 1.82) is 0 Å². The summed E-state index contributed by atoms with van der Waals surface area (Å²) in [5, 5.41) is 12.1. The molecule has 0 fully saturated rings. The zero-order valence-electron chi connectivity index (χ0n) is 10.7. The Morgan fingerprint density at radius 1 is 1.53 bits per heavy atom. The number of aromatic nitrogens is 2. The molecule has 2 N–H and O–H groups in total. The van der Waals surface area contributed by atoms with Crippen LogP contribution in [0.1, 0.15) is 45.7 Å². The standard InChI is InChI=1S/C12H19N3O2/c1-5-12(4,11(16)17)15-10-6-9(8(2)3)13-7-14-10/h6-8H,5H2,1-4H3,(H,16,17)(H,13,14,15). The minimum absolute atomic E-state index is 0.288. The van der Waals surface area contributed by atoms with Gasteiger partial charge in [0.05, 0.1) is 0 Å². The maximum Gasteiger partial charge on any atom is 0.329 e. The van der Waals surface area contributed by atoms with E-state index >= 15 is 0 Å². The third-order valence-corrected chi connectivity index (χ3v) is 2.86. The van der Waals surface area contributed by atoms with Crippen molar-refractivity contribution in [3.8, 4) is 0 Å². The van der Waals surface area contributed by atoms with Crippen molar-refractivity contribution in [1.82, 2.24) is 9.97 Å². The van der Waals surface area contributed by atoms with E-state index in [4.69, 9.17) is 5.11 Å². The molecule has 1 aromatic rings. The lowest BCUT2D eigenvalue weighted by molar-refractivity contribution is -0.141. The molecule has 1 rings (SSSR count). The molecule has 0 aromatic carbocycles. The fourth-order valence-corrected chi connectivity index (χ4v) is 1.33. The Bertz CT molecular complexity index is 406. The largest absolute Gasteiger partial charge is 0.480 e. The normalized spacial score (nSPS) is 14.4. The van der Waals surface area contributed by atoms with E-state index in [0.29, 0.717) is 12.2 Å². The molecule has 0 aliphatic rings. The van der Waals surface area contributed by atoms with E-state index in [2.05, 4.69) is 15.3 Å². The Kier molecular flexibility index (Phi) is 4.04. The van der Waals surface area contributed by atoms with Crippen molar-refractivity contribution in [2.75, 3.05) is 5.32 Å². The van der Waals surface area contributed by atoms with Crippen LogP contribution in [0, 0.1) is 0 Å². The summed E-state index contributed by atoms with van der Waals surface area (Å²) >= 11 is 0. The molecular weight excluding hydrogens is 218 g/mol. The summed E-state index contributed by atoms with van der Waals surface area (Å²) in [4.78, 5) is 19.4. The highest BCUT2D eigenvalue weighted by molar-refractivity contribution is 5.81. The minimum Gasteiger partial charge on any atom is -0.480 e. The van der Waals surface area contributed by atoms with Crippen molar-refractivity contribution in [2.24, 2.45) is 0 Å². The second kappa shape index (κ2) is 5.12. The molecule has 0 aliphatic heterocycles. The van der Waals surface area contributed by atoms with E-state index in [1.54, 1.807) is 13.0 Å². The van der Waals surface area contributed by atoms with Gasteiger partial charge in [0.15, 0.2) is 0 Å². The lowest BCUT2D eigenvalue weighted by Crippen LogP contribution is -2.43. The first-order valence-electron chi connectivity index (χ1n) is 5.72. The van der Waals surface area contributed by atoms with Crippen LogP contribution in [0.3, 0.4) is 0 Å². The van der Waals surface area contributed by atoms with Crippen LogP contribution in [0.15, 0.2) is 12.4 Å². The van der Waals surface area contributed by atoms with Crippen molar-refractivity contribution >= 4 is 11.8 Å². The number of nitrogens with one attached hydrogen (secondary N) is 1. The highest BCUT2D eigenvalue weighted by Gasteiger charge is 2.31. The highest BCUT2D eigenvalue weighted by atomic mass is 16.4. The van der Waals surface area contributed by atoms with E-state index in [9.17, 15) is 4.79 Å². The summed E-state index contributed by atoms with van der Waals surface area (Å²) in [5.41, 5.74) is -0.103. The number of hydrogen-bond donors (Lipinski definition) is 2. The Morgan fingerprint density at radius 2 is 2.18 bits per heavy atom. The maximum absolute atomic E-state index is 11.2. The molecule has 0 saturated carbocycles. The third kappa shape index (κ3) is 3.15. The van der Waals surface area contributed by atoms with Crippen molar-refractivity contribution in [3.05, 3.63) is 18.1 Å². The predicted octanol–water partition coefficient (Wildman–Crippen LogP) is 2.27. The molecule has 0 amide bonds. The van der Waals surface area contributed by atoms with Gasteiger partial charge in [-0.1, -0.05) is 20.8 Å². The number of carboxylic acids is 1. The number of hydrogen-bond acceptors (Lipinski definition) is 4. The topological polar surface area (TPSA) is 75.1 Å². The van der Waals surface area contributed by atoms with Gasteiger partial charge >= 0.3 is 5.97 Å². The Labute approximate surface area is 101 Å². The quantitative estimate of drug-likeness (QED) is 0.821. The fourth-order valence-electron chi connectivity index (χ4n) is 1.33. The van der Waals surface area contributed by atoms with Gasteiger partial charge < -0.3 is 10.4 Å². The second-order valence-corrected chi connectivity index (χ2v) is 4.60. The molecule has 1 atom stereocenters. The molecule has 94 valence electrons. The first-order chi connectivity index (χ1) is 7.89. The molecule has 0 bridgehead atoms. The van der Waals surface area contributed by atoms with Gasteiger partial charge in [0.2, 0.25) is 0 Å². The molecule has 1 aromatic heterocycles. The van der Waals surface area contributed by atoms with Crippen LogP contribution < -0.4 is 5.32 Å². The molecule has 17 heavy (non-hydrogen) atoms. The average Bonchev–Trinajstić information content (AvgIpc) is 2.29. The summed E-state index contributed by atoms with van der Waals surface area (Å²) in [6.07, 6.45) is 1.93. The third-order valence-electron chi connectivity index (χ3n) is 2.86. The molecule has 5 nitrogen and oxygen atoms in total. The van der Waals surface area contributed by atoms with Gasteiger partial charge in [-0.2, -0.15) is 0 Å². The van der Waals surface area contributed by atoms with Gasteiger partial charge in [0, 0.05) is 11.8 Å². The lowest BCUT2D eigenvalue weighted by Gasteiger charge is -2.25. The first kappa shape index (κ1) is 13.4. The molecule has 0 spiro atoms. The number of aliphatic carboxylic acids is 1. The summed E-state index contributed by atoms with van der Waals surface area (Å²) in [5.74, 6) is -0.0450. The Hall–Kier alpha value is -1.65. The molecule has 0 saturated heterocycles. The van der Waals surface area contributed by atoms with Crippen LogP contribution >= 0.6 is 0 Å². The SMILES string of the molecule is CCC(C)(Nc1cc(C(C)C)ncn1)C(=O)O. The van der Waals surface area contributed by atoms with Crippen molar-refractivity contribution < 1.29 is 9.90 Å². The Balaban J connectivity index is 2.94. The van der Waals surface area contributed by atoms with Gasteiger partial charge in [-0.05, 0) is 19.3 Å². The highest BCUT2D eigenvalue weighted by Crippen LogP contribution is 2.19. The van der Waals surface area contributed by atoms with Gasteiger partial charge in [0.1, 0.15) is 17.7 Å². The van der Waals surface area contributed by atoms with Crippen molar-refractivity contribution in [2.45, 2.75) is 45.6 Å². The summed E-state index contributed by atoms with van der Waals surface area (Å²) in [6, 6.07) is 1.79. The second-order valence-electron chi connectivity index (χ2n) is 4.60. The number of rotatable bonds is 5. The first-order valence-corrected chi connectivity index (χ1v) is 5.72. The molecule has 0 aliphatic carbocycles. The molecule has 1 heterocycles. The van der Waals surface area contributed by atoms with Gasteiger partial charge in [-0.15, -0.1) is 0 Å². The summed E-state index contributed by atoms with van der Waals surface area (Å²) in [7, 11) is 0. The summed E-state index contributed by atoms with van der Waals surface area (Å²) < 4.78 is 0. The minimum atomic E-state index is -0.997. The molecule has 0 radical (unpaired) electrons. The van der Waals surface area contributed by atoms with Gasteiger partial charge in [0.25, 0.3) is 0 Å². The number of nitrogens with zero attached hydrogens (tertiary/aromatic N) is 2. The molecule has 1 unspecified atom stereocenters. The fraction of sp³-hybridized carbons (Fsp3) is 0.583. The predicted molar refractivity (Wildman–Crippen MR) is 66.1 cm³/mol. The van der Waals surface area contributed by atoms with Crippen LogP contribution in [-0.4, -0.2) is 26.6 Å². The van der Waals surface area contributed by atoms with Crippen LogP contribution in [0.4, 0.5) is 5.82 Å². The zero-order valence-corrected chi connectivity index (χ0v) is 10.7. The molecule has 5 heteroatoms. The van der Waals surface area contributed by atoms with Crippen LogP contribution in [0.2, 0.25) is 0 Å². The van der Waals surface area contributed by atoms with E-state index in [-0.39, 0.29) is 5.92 Å². The van der Waals surface area contributed by atoms with Crippen LogP contribution in [-0.2, 0) is 4.79 Å². The number of carboxylic acid groups (broad SMARTS) is 1. The van der Waals surface area contributed by atoms with Gasteiger partial charge in [-0.25, -0.2) is 14.8 Å². The molecular formula is C12H19N3O2. The van der Waals surface area contributed by atoms with Crippen LogP contribution in [0.25, 0.3) is 0 Å². The maximum atomic E-state index is 11.2.